The lowest BCUT2D eigenvalue weighted by Crippen LogP contribution is -2.40. The van der Waals surface area contributed by atoms with E-state index >= 15 is 0 Å². The first-order valence-electron chi connectivity index (χ1n) is 9.06. The number of nitrogens with zero attached hydrogens (tertiary/aromatic N) is 1. The van der Waals surface area contributed by atoms with Crippen LogP contribution in [0.15, 0.2) is 52.1 Å². The maximum atomic E-state index is 5.95. The second-order valence-corrected chi connectivity index (χ2v) is 5.94. The number of ether oxygens (including phenoxy) is 3. The maximum absolute atomic E-state index is 5.95. The van der Waals surface area contributed by atoms with E-state index in [0.29, 0.717) is 43.7 Å². The highest BCUT2D eigenvalue weighted by molar-refractivity contribution is 5.79. The van der Waals surface area contributed by atoms with Crippen LogP contribution in [0.25, 0.3) is 0 Å². The normalized spacial score (nSPS) is 12.5. The molecule has 0 saturated carbocycles. The molecule has 1 aromatic heterocycles. The molecule has 1 heterocycles. The molecule has 2 aromatic rings. The summed E-state index contributed by atoms with van der Waals surface area (Å²) in [5.74, 6) is 3.08. The van der Waals surface area contributed by atoms with E-state index in [-0.39, 0.29) is 6.10 Å². The fraction of sp³-hybridized carbons (Fsp3) is 0.450. The van der Waals surface area contributed by atoms with Crippen LogP contribution in [0.4, 0.5) is 0 Å². The van der Waals surface area contributed by atoms with Crippen LogP contribution < -0.4 is 20.1 Å². The molecule has 2 rings (SSSR count). The lowest BCUT2D eigenvalue weighted by molar-refractivity contribution is 0.203. The first-order chi connectivity index (χ1) is 13.2. The number of guanidine groups is 1. The molecule has 0 aliphatic heterocycles. The van der Waals surface area contributed by atoms with Gasteiger partial charge in [-0.05, 0) is 31.2 Å². The molecule has 7 heteroatoms. The van der Waals surface area contributed by atoms with Crippen molar-refractivity contribution >= 4 is 5.96 Å². The van der Waals surface area contributed by atoms with Gasteiger partial charge in [-0.1, -0.05) is 12.1 Å². The fourth-order valence-corrected chi connectivity index (χ4v) is 2.39. The Labute approximate surface area is 160 Å². The first kappa shape index (κ1) is 20.6. The van der Waals surface area contributed by atoms with Gasteiger partial charge in [-0.3, -0.25) is 0 Å². The molecule has 0 fully saturated rings. The molecule has 27 heavy (non-hydrogen) atoms. The Balaban J connectivity index is 1.87. The van der Waals surface area contributed by atoms with Crippen LogP contribution in [0.5, 0.6) is 11.5 Å². The smallest absolute Gasteiger partial charge is 0.191 e. The third kappa shape index (κ3) is 7.62. The molecule has 1 unspecified atom stereocenters. The summed E-state index contributed by atoms with van der Waals surface area (Å²) >= 11 is 0. The lowest BCUT2D eigenvalue weighted by Gasteiger charge is -2.17. The molecule has 0 spiro atoms. The second kappa shape index (κ2) is 11.9. The molecule has 148 valence electrons. The Morgan fingerprint density at radius 3 is 2.56 bits per heavy atom. The van der Waals surface area contributed by atoms with Gasteiger partial charge in [-0.25, -0.2) is 4.99 Å². The summed E-state index contributed by atoms with van der Waals surface area (Å²) in [5, 5.41) is 6.55. The predicted molar refractivity (Wildman–Crippen MR) is 106 cm³/mol. The molecular weight excluding hydrogens is 346 g/mol. The number of para-hydroxylation sites is 2. The summed E-state index contributed by atoms with van der Waals surface area (Å²) in [4.78, 5) is 4.61. The molecule has 0 saturated heterocycles. The van der Waals surface area contributed by atoms with E-state index in [1.807, 2.05) is 43.3 Å². The predicted octanol–water partition coefficient (Wildman–Crippen LogP) is 2.48. The maximum Gasteiger partial charge on any atom is 0.191 e. The van der Waals surface area contributed by atoms with Crippen molar-refractivity contribution in [2.45, 2.75) is 19.4 Å². The molecule has 0 radical (unpaired) electrons. The van der Waals surface area contributed by atoms with Gasteiger partial charge in [0, 0.05) is 26.6 Å². The SMILES string of the molecule is COCCNC(=NCC(C)Oc1ccccc1OC)NCCc1ccco1. The summed E-state index contributed by atoms with van der Waals surface area (Å²) in [6.45, 7) is 4.47. The van der Waals surface area contributed by atoms with Gasteiger partial charge >= 0.3 is 0 Å². The largest absolute Gasteiger partial charge is 0.493 e. The molecule has 1 atom stereocenters. The highest BCUT2D eigenvalue weighted by atomic mass is 16.5. The second-order valence-electron chi connectivity index (χ2n) is 5.94. The Hall–Kier alpha value is -2.67. The number of hydrogen-bond donors (Lipinski definition) is 2. The van der Waals surface area contributed by atoms with Crippen LogP contribution in [-0.2, 0) is 11.2 Å². The van der Waals surface area contributed by atoms with Gasteiger partial charge in [0.25, 0.3) is 0 Å². The average molecular weight is 375 g/mol. The number of benzene rings is 1. The van der Waals surface area contributed by atoms with Crippen LogP contribution in [0.3, 0.4) is 0 Å². The Morgan fingerprint density at radius 2 is 1.85 bits per heavy atom. The van der Waals surface area contributed by atoms with E-state index in [1.54, 1.807) is 20.5 Å². The molecular formula is C20H29N3O4. The molecule has 0 amide bonds. The number of furan rings is 1. The zero-order valence-electron chi connectivity index (χ0n) is 16.2. The summed E-state index contributed by atoms with van der Waals surface area (Å²) in [5.41, 5.74) is 0. The van der Waals surface area contributed by atoms with Crippen LogP contribution in [0.1, 0.15) is 12.7 Å². The summed E-state index contributed by atoms with van der Waals surface area (Å²) in [7, 11) is 3.30. The number of rotatable bonds is 11. The highest BCUT2D eigenvalue weighted by Crippen LogP contribution is 2.26. The van der Waals surface area contributed by atoms with Crippen LogP contribution >= 0.6 is 0 Å². The van der Waals surface area contributed by atoms with E-state index in [4.69, 9.17) is 18.6 Å². The zero-order chi connectivity index (χ0) is 19.3. The standard InChI is InChI=1S/C20H29N3O4/c1-16(27-19-9-5-4-8-18(19)25-3)15-23-20(22-12-14-24-2)21-11-10-17-7-6-13-26-17/h4-9,13,16H,10-12,14-15H2,1-3H3,(H2,21,22,23). The minimum absolute atomic E-state index is 0.104. The summed E-state index contributed by atoms with van der Waals surface area (Å²) in [6.07, 6.45) is 2.36. The highest BCUT2D eigenvalue weighted by Gasteiger charge is 2.09. The van der Waals surface area contributed by atoms with Crippen LogP contribution in [0, 0.1) is 0 Å². The van der Waals surface area contributed by atoms with Gasteiger partial charge in [0.15, 0.2) is 17.5 Å². The molecule has 0 aliphatic rings. The number of aliphatic imine (C=N–C) groups is 1. The lowest BCUT2D eigenvalue weighted by atomic mass is 10.3. The van der Waals surface area contributed by atoms with E-state index in [0.717, 1.165) is 12.2 Å². The van der Waals surface area contributed by atoms with Gasteiger partial charge < -0.3 is 29.3 Å². The van der Waals surface area contributed by atoms with E-state index in [1.165, 1.54) is 0 Å². The third-order valence-corrected chi connectivity index (χ3v) is 3.75. The summed E-state index contributed by atoms with van der Waals surface area (Å²) in [6, 6.07) is 11.4. The van der Waals surface area contributed by atoms with Crippen molar-refractivity contribution in [3.63, 3.8) is 0 Å². The number of nitrogens with one attached hydrogen (secondary N) is 2. The van der Waals surface area contributed by atoms with Crippen molar-refractivity contribution in [3.05, 3.63) is 48.4 Å². The zero-order valence-corrected chi connectivity index (χ0v) is 16.2. The third-order valence-electron chi connectivity index (χ3n) is 3.75. The van der Waals surface area contributed by atoms with Gasteiger partial charge in [-0.2, -0.15) is 0 Å². The number of hydrogen-bond acceptors (Lipinski definition) is 5. The van der Waals surface area contributed by atoms with Crippen molar-refractivity contribution < 1.29 is 18.6 Å². The quantitative estimate of drug-likeness (QED) is 0.357. The Morgan fingerprint density at radius 1 is 1.07 bits per heavy atom. The Bertz CT molecular complexity index is 674. The van der Waals surface area contributed by atoms with Crippen molar-refractivity contribution in [2.24, 2.45) is 4.99 Å². The van der Waals surface area contributed by atoms with Crippen molar-refractivity contribution in [1.29, 1.82) is 0 Å². The first-order valence-corrected chi connectivity index (χ1v) is 9.06. The van der Waals surface area contributed by atoms with Crippen LogP contribution in [-0.4, -0.2) is 52.5 Å². The molecule has 7 nitrogen and oxygen atoms in total. The molecule has 2 N–H and O–H groups in total. The van der Waals surface area contributed by atoms with Crippen molar-refractivity contribution in [1.82, 2.24) is 10.6 Å². The van der Waals surface area contributed by atoms with Gasteiger partial charge in [-0.15, -0.1) is 0 Å². The monoisotopic (exact) mass is 375 g/mol. The summed E-state index contributed by atoms with van der Waals surface area (Å²) < 4.78 is 21.7. The topological polar surface area (TPSA) is 77.2 Å². The minimum atomic E-state index is -0.104. The Kier molecular flexibility index (Phi) is 9.06. The van der Waals surface area contributed by atoms with Crippen molar-refractivity contribution in [3.8, 4) is 11.5 Å². The van der Waals surface area contributed by atoms with Gasteiger partial charge in [0.2, 0.25) is 0 Å². The van der Waals surface area contributed by atoms with Gasteiger partial charge in [0.1, 0.15) is 11.9 Å². The van der Waals surface area contributed by atoms with Crippen LogP contribution in [0.2, 0.25) is 0 Å². The van der Waals surface area contributed by atoms with E-state index < -0.39 is 0 Å². The van der Waals surface area contributed by atoms with Gasteiger partial charge in [0.05, 0.1) is 26.5 Å². The molecule has 0 bridgehead atoms. The average Bonchev–Trinajstić information content (AvgIpc) is 3.19. The van der Waals surface area contributed by atoms with E-state index in [9.17, 15) is 0 Å². The van der Waals surface area contributed by atoms with Crippen molar-refractivity contribution in [2.75, 3.05) is 40.5 Å². The number of methoxy groups -OCH3 is 2. The van der Waals surface area contributed by atoms with E-state index in [2.05, 4.69) is 15.6 Å². The molecule has 0 aliphatic carbocycles. The molecule has 1 aromatic carbocycles. The minimum Gasteiger partial charge on any atom is -0.493 e. The fourth-order valence-electron chi connectivity index (χ4n) is 2.39.